The van der Waals surface area contributed by atoms with Gasteiger partial charge >= 0.3 is 0 Å². The highest BCUT2D eigenvalue weighted by Gasteiger charge is 2.43. The predicted molar refractivity (Wildman–Crippen MR) is 82.4 cm³/mol. The van der Waals surface area contributed by atoms with Gasteiger partial charge in [0.15, 0.2) is 0 Å². The van der Waals surface area contributed by atoms with E-state index in [1.807, 2.05) is 25.1 Å². The van der Waals surface area contributed by atoms with E-state index >= 15 is 0 Å². The molecule has 20 heavy (non-hydrogen) atoms. The number of carbonyl (C=O) groups is 1. The summed E-state index contributed by atoms with van der Waals surface area (Å²) in [5, 5.41) is 3.12. The van der Waals surface area contributed by atoms with Crippen LogP contribution < -0.4 is 11.1 Å². The van der Waals surface area contributed by atoms with E-state index in [0.29, 0.717) is 6.54 Å². The molecule has 0 heterocycles. The Labute approximate surface area is 121 Å². The Hall–Kier alpha value is -1.35. The normalized spacial score (nSPS) is 26.5. The van der Waals surface area contributed by atoms with Gasteiger partial charge in [-0.1, -0.05) is 50.6 Å². The lowest BCUT2D eigenvalue weighted by atomic mass is 9.82. The zero-order valence-corrected chi connectivity index (χ0v) is 12.8. The van der Waals surface area contributed by atoms with Crippen molar-refractivity contribution in [2.45, 2.75) is 51.5 Å². The molecule has 1 fully saturated rings. The molecule has 0 spiro atoms. The van der Waals surface area contributed by atoms with Gasteiger partial charge in [0.1, 0.15) is 0 Å². The van der Waals surface area contributed by atoms with Crippen molar-refractivity contribution in [1.29, 1.82) is 0 Å². The molecule has 3 heteroatoms. The first kappa shape index (κ1) is 15.0. The van der Waals surface area contributed by atoms with Crippen molar-refractivity contribution in [3.8, 4) is 0 Å². The fraction of sp³-hybridized carbons (Fsp3) is 0.588. The number of hydrogen-bond acceptors (Lipinski definition) is 2. The van der Waals surface area contributed by atoms with Crippen LogP contribution in [-0.2, 0) is 10.2 Å². The Kier molecular flexibility index (Phi) is 4.19. The molecule has 1 aromatic rings. The van der Waals surface area contributed by atoms with Crippen molar-refractivity contribution in [2.75, 3.05) is 6.54 Å². The summed E-state index contributed by atoms with van der Waals surface area (Å²) in [5.41, 5.74) is 6.87. The van der Waals surface area contributed by atoms with E-state index in [9.17, 15) is 4.79 Å². The second kappa shape index (κ2) is 5.57. The molecular weight excluding hydrogens is 248 g/mol. The van der Waals surface area contributed by atoms with Crippen molar-refractivity contribution in [2.24, 2.45) is 11.1 Å². The van der Waals surface area contributed by atoms with Crippen LogP contribution >= 0.6 is 0 Å². The molecule has 1 aliphatic carbocycles. The number of nitrogens with two attached hydrogens (primary N) is 1. The predicted octanol–water partition coefficient (Wildman–Crippen LogP) is 2.60. The average Bonchev–Trinajstić information content (AvgIpc) is 2.78. The van der Waals surface area contributed by atoms with E-state index in [2.05, 4.69) is 31.3 Å². The number of rotatable bonds is 4. The third-order valence-corrected chi connectivity index (χ3v) is 4.79. The van der Waals surface area contributed by atoms with E-state index in [-0.39, 0.29) is 17.4 Å². The smallest absolute Gasteiger partial charge is 0.227 e. The van der Waals surface area contributed by atoms with Gasteiger partial charge in [0.2, 0.25) is 5.91 Å². The van der Waals surface area contributed by atoms with Crippen LogP contribution in [0.1, 0.15) is 45.6 Å². The second-order valence-electron chi connectivity index (χ2n) is 6.85. The molecule has 110 valence electrons. The first-order valence-electron chi connectivity index (χ1n) is 7.46. The Morgan fingerprint density at radius 3 is 2.60 bits per heavy atom. The van der Waals surface area contributed by atoms with Gasteiger partial charge in [0.25, 0.3) is 0 Å². The highest BCUT2D eigenvalue weighted by atomic mass is 16.2. The molecule has 2 atom stereocenters. The first-order chi connectivity index (χ1) is 9.36. The molecular formula is C17H26N2O. The third kappa shape index (κ3) is 2.88. The summed E-state index contributed by atoms with van der Waals surface area (Å²) >= 11 is 0. The molecule has 1 amide bonds. The van der Waals surface area contributed by atoms with Crippen LogP contribution in [0.25, 0.3) is 0 Å². The standard InChI is InChI=1S/C17H26N2O/c1-16(2,13-8-5-4-6-9-13)12-19-15(20)17(3)11-7-10-14(17)18/h4-6,8-9,14H,7,10-12,18H2,1-3H3,(H,19,20). The van der Waals surface area contributed by atoms with Crippen molar-refractivity contribution >= 4 is 5.91 Å². The quantitative estimate of drug-likeness (QED) is 0.886. The topological polar surface area (TPSA) is 55.1 Å². The zero-order chi connectivity index (χ0) is 14.8. The summed E-state index contributed by atoms with van der Waals surface area (Å²) in [4.78, 5) is 12.5. The molecule has 0 saturated heterocycles. The monoisotopic (exact) mass is 274 g/mol. The summed E-state index contributed by atoms with van der Waals surface area (Å²) < 4.78 is 0. The Balaban J connectivity index is 2.00. The van der Waals surface area contributed by atoms with E-state index in [4.69, 9.17) is 5.73 Å². The molecule has 0 radical (unpaired) electrons. The fourth-order valence-corrected chi connectivity index (χ4v) is 2.97. The molecule has 1 saturated carbocycles. The number of hydrogen-bond donors (Lipinski definition) is 2. The van der Waals surface area contributed by atoms with Crippen LogP contribution in [-0.4, -0.2) is 18.5 Å². The van der Waals surface area contributed by atoms with E-state index in [1.54, 1.807) is 0 Å². The third-order valence-electron chi connectivity index (χ3n) is 4.79. The van der Waals surface area contributed by atoms with Gasteiger partial charge in [0.05, 0.1) is 5.41 Å². The maximum atomic E-state index is 12.5. The van der Waals surface area contributed by atoms with E-state index < -0.39 is 5.41 Å². The van der Waals surface area contributed by atoms with Gasteiger partial charge in [-0.15, -0.1) is 0 Å². The summed E-state index contributed by atoms with van der Waals surface area (Å²) in [6, 6.07) is 10.3. The Bertz CT molecular complexity index is 469. The first-order valence-corrected chi connectivity index (χ1v) is 7.46. The Morgan fingerprint density at radius 1 is 1.40 bits per heavy atom. The largest absolute Gasteiger partial charge is 0.355 e. The molecule has 1 aliphatic rings. The average molecular weight is 274 g/mol. The van der Waals surface area contributed by atoms with Crippen molar-refractivity contribution in [3.05, 3.63) is 35.9 Å². The maximum Gasteiger partial charge on any atom is 0.227 e. The fourth-order valence-electron chi connectivity index (χ4n) is 2.97. The van der Waals surface area contributed by atoms with Crippen LogP contribution in [0.15, 0.2) is 30.3 Å². The molecule has 1 aromatic carbocycles. The summed E-state index contributed by atoms with van der Waals surface area (Å²) in [6.45, 7) is 6.94. The maximum absolute atomic E-state index is 12.5. The molecule has 0 bridgehead atoms. The number of benzene rings is 1. The Morgan fingerprint density at radius 2 is 2.05 bits per heavy atom. The van der Waals surface area contributed by atoms with Crippen LogP contribution in [0, 0.1) is 5.41 Å². The molecule has 2 unspecified atom stereocenters. The number of amides is 1. The second-order valence-corrected chi connectivity index (χ2v) is 6.85. The van der Waals surface area contributed by atoms with E-state index in [1.165, 1.54) is 5.56 Å². The van der Waals surface area contributed by atoms with Gasteiger partial charge in [-0.2, -0.15) is 0 Å². The van der Waals surface area contributed by atoms with Crippen LogP contribution in [0.2, 0.25) is 0 Å². The molecule has 3 N–H and O–H groups in total. The highest BCUT2D eigenvalue weighted by molar-refractivity contribution is 5.83. The van der Waals surface area contributed by atoms with Crippen LogP contribution in [0.4, 0.5) is 0 Å². The van der Waals surface area contributed by atoms with Gasteiger partial charge < -0.3 is 11.1 Å². The van der Waals surface area contributed by atoms with Crippen molar-refractivity contribution in [3.63, 3.8) is 0 Å². The van der Waals surface area contributed by atoms with Gasteiger partial charge in [-0.05, 0) is 25.3 Å². The van der Waals surface area contributed by atoms with Crippen LogP contribution in [0.3, 0.4) is 0 Å². The highest BCUT2D eigenvalue weighted by Crippen LogP contribution is 2.37. The lowest BCUT2D eigenvalue weighted by Gasteiger charge is -2.31. The summed E-state index contributed by atoms with van der Waals surface area (Å²) in [7, 11) is 0. The minimum absolute atomic E-state index is 0.0117. The van der Waals surface area contributed by atoms with Crippen molar-refractivity contribution in [1.82, 2.24) is 5.32 Å². The van der Waals surface area contributed by atoms with Crippen LogP contribution in [0.5, 0.6) is 0 Å². The molecule has 2 rings (SSSR count). The number of nitrogens with one attached hydrogen (secondary N) is 1. The van der Waals surface area contributed by atoms with Gasteiger partial charge in [-0.25, -0.2) is 0 Å². The SMILES string of the molecule is CC(C)(CNC(=O)C1(C)CCCC1N)c1ccccc1. The lowest BCUT2D eigenvalue weighted by Crippen LogP contribution is -2.49. The summed E-state index contributed by atoms with van der Waals surface area (Å²) in [5.74, 6) is 0.103. The van der Waals surface area contributed by atoms with Crippen molar-refractivity contribution < 1.29 is 4.79 Å². The summed E-state index contributed by atoms with van der Waals surface area (Å²) in [6.07, 6.45) is 2.89. The molecule has 3 nitrogen and oxygen atoms in total. The van der Waals surface area contributed by atoms with E-state index in [0.717, 1.165) is 19.3 Å². The zero-order valence-electron chi connectivity index (χ0n) is 12.8. The molecule has 0 aliphatic heterocycles. The number of carbonyl (C=O) groups excluding carboxylic acids is 1. The lowest BCUT2D eigenvalue weighted by molar-refractivity contribution is -0.130. The minimum atomic E-state index is -0.396. The van der Waals surface area contributed by atoms with Gasteiger partial charge in [-0.3, -0.25) is 4.79 Å². The minimum Gasteiger partial charge on any atom is -0.355 e. The van der Waals surface area contributed by atoms with Gasteiger partial charge in [0, 0.05) is 18.0 Å². The molecule has 0 aromatic heterocycles.